The molecule has 0 bridgehead atoms. The van der Waals surface area contributed by atoms with Gasteiger partial charge in [0.25, 0.3) is 0 Å². The average Bonchev–Trinajstić information content (AvgIpc) is 2.47. The second kappa shape index (κ2) is 4.41. The van der Waals surface area contributed by atoms with Crippen LogP contribution in [0.4, 0.5) is 0 Å². The topological polar surface area (TPSA) is 30.0 Å². The number of hydrogen-bond donors (Lipinski definition) is 0. The molecule has 0 N–H and O–H groups in total. The molecule has 0 radical (unpaired) electrons. The Bertz CT molecular complexity index is 704. The summed E-state index contributed by atoms with van der Waals surface area (Å²) in [7, 11) is 0. The third-order valence-corrected chi connectivity index (χ3v) is 2.94. The van der Waals surface area contributed by atoms with Crippen molar-refractivity contribution in [2.45, 2.75) is 0 Å². The van der Waals surface area contributed by atoms with E-state index in [1.54, 1.807) is 12.4 Å². The first-order valence-electron chi connectivity index (χ1n) is 5.78. The van der Waals surface area contributed by atoms with E-state index in [9.17, 15) is 4.79 Å². The Balaban J connectivity index is 2.07. The lowest BCUT2D eigenvalue weighted by atomic mass is 10.0. The molecule has 1 aromatic heterocycles. The number of nitrogens with zero attached hydrogens (tertiary/aromatic N) is 1. The quantitative estimate of drug-likeness (QED) is 0.634. The van der Waals surface area contributed by atoms with Crippen LogP contribution in [-0.2, 0) is 0 Å². The highest BCUT2D eigenvalue weighted by molar-refractivity contribution is 6.10. The number of rotatable bonds is 2. The molecular formula is C16H11NO. The van der Waals surface area contributed by atoms with Crippen molar-refractivity contribution in [1.82, 2.24) is 4.98 Å². The van der Waals surface area contributed by atoms with Gasteiger partial charge in [0.15, 0.2) is 5.78 Å². The standard InChI is InChI=1S/C16H11NO/c18-16(12-4-2-1-3-5-12)14-6-7-15-11-17-9-8-13(15)10-14/h1-11H. The first-order valence-corrected chi connectivity index (χ1v) is 5.78. The summed E-state index contributed by atoms with van der Waals surface area (Å²) in [6, 6.07) is 16.9. The van der Waals surface area contributed by atoms with Crippen LogP contribution in [0, 0.1) is 0 Å². The molecule has 0 saturated carbocycles. The van der Waals surface area contributed by atoms with Crippen molar-refractivity contribution in [3.63, 3.8) is 0 Å². The number of fused-ring (bicyclic) bond motifs is 1. The SMILES string of the molecule is O=C(c1ccccc1)c1ccc2cnccc2c1. The summed E-state index contributed by atoms with van der Waals surface area (Å²) >= 11 is 0. The number of carbonyl (C=O) groups is 1. The summed E-state index contributed by atoms with van der Waals surface area (Å²) in [6.07, 6.45) is 3.53. The van der Waals surface area contributed by atoms with Crippen LogP contribution in [0.15, 0.2) is 67.0 Å². The van der Waals surface area contributed by atoms with Crippen molar-refractivity contribution >= 4 is 16.6 Å². The van der Waals surface area contributed by atoms with Crippen LogP contribution in [0.25, 0.3) is 10.8 Å². The lowest BCUT2D eigenvalue weighted by Crippen LogP contribution is -2.00. The minimum absolute atomic E-state index is 0.0503. The summed E-state index contributed by atoms with van der Waals surface area (Å²) in [5.74, 6) is 0.0503. The number of carbonyl (C=O) groups excluding carboxylic acids is 1. The van der Waals surface area contributed by atoms with Crippen LogP contribution in [0.5, 0.6) is 0 Å². The van der Waals surface area contributed by atoms with Gasteiger partial charge in [0.2, 0.25) is 0 Å². The normalized spacial score (nSPS) is 10.4. The molecule has 3 aromatic rings. The number of hydrogen-bond acceptors (Lipinski definition) is 2. The Hall–Kier alpha value is -2.48. The molecule has 18 heavy (non-hydrogen) atoms. The second-order valence-corrected chi connectivity index (χ2v) is 4.13. The smallest absolute Gasteiger partial charge is 0.193 e. The van der Waals surface area contributed by atoms with Gasteiger partial charge in [-0.2, -0.15) is 0 Å². The van der Waals surface area contributed by atoms with Crippen LogP contribution >= 0.6 is 0 Å². The van der Waals surface area contributed by atoms with E-state index in [-0.39, 0.29) is 5.78 Å². The molecule has 1 heterocycles. The minimum Gasteiger partial charge on any atom is -0.289 e. The fraction of sp³-hybridized carbons (Fsp3) is 0. The second-order valence-electron chi connectivity index (χ2n) is 4.13. The van der Waals surface area contributed by atoms with Crippen LogP contribution in [0.2, 0.25) is 0 Å². The zero-order valence-electron chi connectivity index (χ0n) is 9.71. The third kappa shape index (κ3) is 1.89. The number of benzene rings is 2. The highest BCUT2D eigenvalue weighted by Crippen LogP contribution is 2.17. The molecule has 0 aliphatic carbocycles. The number of pyridine rings is 1. The Morgan fingerprint density at radius 3 is 2.50 bits per heavy atom. The summed E-state index contributed by atoms with van der Waals surface area (Å²) in [5, 5.41) is 2.08. The molecule has 2 aromatic carbocycles. The maximum absolute atomic E-state index is 12.3. The van der Waals surface area contributed by atoms with E-state index in [1.165, 1.54) is 0 Å². The molecule has 2 nitrogen and oxygen atoms in total. The van der Waals surface area contributed by atoms with E-state index in [4.69, 9.17) is 0 Å². The summed E-state index contributed by atoms with van der Waals surface area (Å²) in [4.78, 5) is 16.3. The van der Waals surface area contributed by atoms with E-state index in [0.29, 0.717) is 11.1 Å². The van der Waals surface area contributed by atoms with Crippen LogP contribution in [-0.4, -0.2) is 10.8 Å². The van der Waals surface area contributed by atoms with Gasteiger partial charge >= 0.3 is 0 Å². The van der Waals surface area contributed by atoms with Gasteiger partial charge in [-0.1, -0.05) is 42.5 Å². The van der Waals surface area contributed by atoms with Crippen molar-refractivity contribution in [3.8, 4) is 0 Å². The van der Waals surface area contributed by atoms with Crippen molar-refractivity contribution in [3.05, 3.63) is 78.1 Å². The van der Waals surface area contributed by atoms with Crippen LogP contribution in [0.1, 0.15) is 15.9 Å². The Labute approximate surface area is 105 Å². The minimum atomic E-state index is 0.0503. The fourth-order valence-electron chi connectivity index (χ4n) is 1.98. The Kier molecular flexibility index (Phi) is 2.61. The van der Waals surface area contributed by atoms with Gasteiger partial charge in [-0.05, 0) is 17.5 Å². The predicted molar refractivity (Wildman–Crippen MR) is 71.6 cm³/mol. The van der Waals surface area contributed by atoms with Gasteiger partial charge in [-0.25, -0.2) is 0 Å². The summed E-state index contributed by atoms with van der Waals surface area (Å²) < 4.78 is 0. The molecule has 0 amide bonds. The van der Waals surface area contributed by atoms with Crippen LogP contribution in [0.3, 0.4) is 0 Å². The molecule has 86 valence electrons. The number of aromatic nitrogens is 1. The Morgan fingerprint density at radius 2 is 1.67 bits per heavy atom. The first kappa shape index (κ1) is 10.7. The van der Waals surface area contributed by atoms with Crippen molar-refractivity contribution in [1.29, 1.82) is 0 Å². The molecule has 0 aliphatic heterocycles. The van der Waals surface area contributed by atoms with Gasteiger partial charge in [0.1, 0.15) is 0 Å². The molecular weight excluding hydrogens is 222 g/mol. The zero-order chi connectivity index (χ0) is 12.4. The average molecular weight is 233 g/mol. The van der Waals surface area contributed by atoms with Gasteiger partial charge < -0.3 is 0 Å². The van der Waals surface area contributed by atoms with Gasteiger partial charge in [0, 0.05) is 28.9 Å². The Morgan fingerprint density at radius 1 is 0.833 bits per heavy atom. The predicted octanol–water partition coefficient (Wildman–Crippen LogP) is 3.47. The van der Waals surface area contributed by atoms with Crippen molar-refractivity contribution in [2.24, 2.45) is 0 Å². The molecule has 0 fully saturated rings. The molecule has 3 rings (SSSR count). The summed E-state index contributed by atoms with van der Waals surface area (Å²) in [6.45, 7) is 0. The molecule has 0 unspecified atom stereocenters. The van der Waals surface area contributed by atoms with E-state index in [0.717, 1.165) is 10.8 Å². The van der Waals surface area contributed by atoms with Gasteiger partial charge in [-0.15, -0.1) is 0 Å². The molecule has 0 aliphatic rings. The highest BCUT2D eigenvalue weighted by atomic mass is 16.1. The summed E-state index contributed by atoms with van der Waals surface area (Å²) in [5.41, 5.74) is 1.42. The largest absolute Gasteiger partial charge is 0.289 e. The van der Waals surface area contributed by atoms with Crippen molar-refractivity contribution in [2.75, 3.05) is 0 Å². The van der Waals surface area contributed by atoms with E-state index >= 15 is 0 Å². The monoisotopic (exact) mass is 233 g/mol. The lowest BCUT2D eigenvalue weighted by molar-refractivity contribution is 0.103. The zero-order valence-corrected chi connectivity index (χ0v) is 9.71. The molecule has 0 saturated heterocycles. The van der Waals surface area contributed by atoms with E-state index < -0.39 is 0 Å². The lowest BCUT2D eigenvalue weighted by Gasteiger charge is -2.03. The van der Waals surface area contributed by atoms with Gasteiger partial charge in [0.05, 0.1) is 0 Å². The maximum Gasteiger partial charge on any atom is 0.193 e. The maximum atomic E-state index is 12.3. The molecule has 0 atom stereocenters. The highest BCUT2D eigenvalue weighted by Gasteiger charge is 2.08. The fourth-order valence-corrected chi connectivity index (χ4v) is 1.98. The number of ketones is 1. The van der Waals surface area contributed by atoms with E-state index in [1.807, 2.05) is 54.6 Å². The third-order valence-electron chi connectivity index (χ3n) is 2.94. The molecule has 0 spiro atoms. The van der Waals surface area contributed by atoms with Crippen molar-refractivity contribution < 1.29 is 4.79 Å². The first-order chi connectivity index (χ1) is 8.84. The van der Waals surface area contributed by atoms with Gasteiger partial charge in [-0.3, -0.25) is 9.78 Å². The molecule has 2 heteroatoms. The van der Waals surface area contributed by atoms with E-state index in [2.05, 4.69) is 4.98 Å². The van der Waals surface area contributed by atoms with Crippen LogP contribution < -0.4 is 0 Å².